The molecular weight excluding hydrogens is 240 g/mol. The molecule has 2 atom stereocenters. The van der Waals surface area contributed by atoms with Gasteiger partial charge in [0.1, 0.15) is 5.60 Å². The predicted octanol–water partition coefficient (Wildman–Crippen LogP) is 3.59. The lowest BCUT2D eigenvalue weighted by molar-refractivity contribution is -0.147. The average Bonchev–Trinajstić information content (AvgIpc) is 2.71. The fourth-order valence-corrected chi connectivity index (χ4v) is 2.39. The highest BCUT2D eigenvalue weighted by Crippen LogP contribution is 2.36. The second-order valence-corrected chi connectivity index (χ2v) is 5.17. The van der Waals surface area contributed by atoms with Gasteiger partial charge in [-0.05, 0) is 50.7 Å². The van der Waals surface area contributed by atoms with E-state index >= 15 is 0 Å². The maximum Gasteiger partial charge on any atom is 0.334 e. The van der Waals surface area contributed by atoms with Crippen LogP contribution in [-0.4, -0.2) is 17.4 Å². The van der Waals surface area contributed by atoms with E-state index in [0.29, 0.717) is 6.42 Å². The molecule has 0 aromatic rings. The van der Waals surface area contributed by atoms with Crippen molar-refractivity contribution in [1.82, 2.24) is 0 Å². The molecule has 0 aromatic heterocycles. The lowest BCUT2D eigenvalue weighted by atomic mass is 9.86. The number of ether oxygens (including phenoxy) is 1. The zero-order valence-electron chi connectivity index (χ0n) is 12.4. The second kappa shape index (κ2) is 6.69. The molecule has 1 heterocycles. The smallest absolute Gasteiger partial charge is 0.334 e. The van der Waals surface area contributed by atoms with Crippen LogP contribution in [0, 0.1) is 5.92 Å². The zero-order valence-corrected chi connectivity index (χ0v) is 12.4. The van der Waals surface area contributed by atoms with E-state index in [1.54, 1.807) is 13.0 Å². The van der Waals surface area contributed by atoms with Crippen LogP contribution in [0.5, 0.6) is 0 Å². The minimum Gasteiger partial charge on any atom is -0.451 e. The maximum atomic E-state index is 11.8. The molecular formula is C16H24O3. The van der Waals surface area contributed by atoms with Crippen molar-refractivity contribution in [2.24, 2.45) is 5.92 Å². The molecule has 106 valence electrons. The molecule has 0 spiro atoms. The fourth-order valence-electron chi connectivity index (χ4n) is 2.39. The topological polar surface area (TPSA) is 43.4 Å². The number of hydrogen-bond acceptors (Lipinski definition) is 3. The molecule has 0 aromatic carbocycles. The Morgan fingerprint density at radius 3 is 2.53 bits per heavy atom. The number of carbonyl (C=O) groups is 2. The van der Waals surface area contributed by atoms with Gasteiger partial charge in [-0.15, -0.1) is 0 Å². The summed E-state index contributed by atoms with van der Waals surface area (Å²) < 4.78 is 5.59. The summed E-state index contributed by atoms with van der Waals surface area (Å²) in [6.07, 6.45) is 8.69. The van der Waals surface area contributed by atoms with Gasteiger partial charge >= 0.3 is 5.97 Å². The summed E-state index contributed by atoms with van der Waals surface area (Å²) in [7, 11) is 0. The minimum absolute atomic E-state index is 0.0530. The predicted molar refractivity (Wildman–Crippen MR) is 75.7 cm³/mol. The molecule has 0 amide bonds. The van der Waals surface area contributed by atoms with Gasteiger partial charge in [-0.2, -0.15) is 0 Å². The summed E-state index contributed by atoms with van der Waals surface area (Å²) in [6.45, 7) is 7.62. The quantitative estimate of drug-likeness (QED) is 0.521. The average molecular weight is 264 g/mol. The van der Waals surface area contributed by atoms with E-state index in [0.717, 1.165) is 24.8 Å². The number of ketones is 1. The van der Waals surface area contributed by atoms with Crippen LogP contribution in [0.4, 0.5) is 0 Å². The first-order valence-corrected chi connectivity index (χ1v) is 7.10. The van der Waals surface area contributed by atoms with E-state index < -0.39 is 5.60 Å². The van der Waals surface area contributed by atoms with Gasteiger partial charge in [0.25, 0.3) is 0 Å². The van der Waals surface area contributed by atoms with Crippen LogP contribution in [0.25, 0.3) is 0 Å². The van der Waals surface area contributed by atoms with E-state index in [1.807, 2.05) is 26.0 Å². The van der Waals surface area contributed by atoms with Gasteiger partial charge < -0.3 is 4.74 Å². The normalized spacial score (nSPS) is 24.4. The molecule has 0 saturated heterocycles. The highest BCUT2D eigenvalue weighted by molar-refractivity contribution is 5.91. The van der Waals surface area contributed by atoms with E-state index in [1.165, 1.54) is 0 Å². The van der Waals surface area contributed by atoms with Gasteiger partial charge in [-0.25, -0.2) is 4.79 Å². The maximum absolute atomic E-state index is 11.8. The summed E-state index contributed by atoms with van der Waals surface area (Å²) in [5, 5.41) is 0. The number of allylic oxidation sites excluding steroid dienone is 2. The largest absolute Gasteiger partial charge is 0.451 e. The Morgan fingerprint density at radius 1 is 1.42 bits per heavy atom. The Labute approximate surface area is 115 Å². The molecule has 19 heavy (non-hydrogen) atoms. The highest BCUT2D eigenvalue weighted by atomic mass is 16.6. The SMILES string of the molecule is CCC1=C[C@@](CC)(C[C@H](/C=C/C(C)=O)CC)OC1=O. The van der Waals surface area contributed by atoms with Gasteiger partial charge in [0.2, 0.25) is 0 Å². The molecule has 1 aliphatic rings. The molecule has 1 aliphatic heterocycles. The summed E-state index contributed by atoms with van der Waals surface area (Å²) in [5.41, 5.74) is 0.289. The molecule has 0 saturated carbocycles. The standard InChI is InChI=1S/C16H24O3/c1-5-13(9-8-12(4)17)10-16(7-3)11-14(6-2)15(18)19-16/h8-9,11,13H,5-7,10H2,1-4H3/b9-8+/t13-,16+/m0/s1. The molecule has 0 bridgehead atoms. The lowest BCUT2D eigenvalue weighted by Gasteiger charge is -2.28. The molecule has 3 nitrogen and oxygen atoms in total. The van der Waals surface area contributed by atoms with E-state index in [9.17, 15) is 9.59 Å². The molecule has 0 radical (unpaired) electrons. The Balaban J connectivity index is 2.84. The zero-order chi connectivity index (χ0) is 14.5. The highest BCUT2D eigenvalue weighted by Gasteiger charge is 2.38. The van der Waals surface area contributed by atoms with Gasteiger partial charge in [-0.3, -0.25) is 4.79 Å². The van der Waals surface area contributed by atoms with E-state index in [-0.39, 0.29) is 17.7 Å². The Morgan fingerprint density at radius 2 is 2.11 bits per heavy atom. The van der Waals surface area contributed by atoms with Crippen LogP contribution in [-0.2, 0) is 14.3 Å². The van der Waals surface area contributed by atoms with Crippen molar-refractivity contribution in [1.29, 1.82) is 0 Å². The van der Waals surface area contributed by atoms with Crippen LogP contribution in [0.3, 0.4) is 0 Å². The summed E-state index contributed by atoms with van der Waals surface area (Å²) in [5.74, 6) is 0.121. The Kier molecular flexibility index (Phi) is 5.52. The number of rotatable bonds is 7. The molecule has 0 aliphatic carbocycles. The van der Waals surface area contributed by atoms with Crippen molar-refractivity contribution in [3.63, 3.8) is 0 Å². The fraction of sp³-hybridized carbons (Fsp3) is 0.625. The first-order chi connectivity index (χ1) is 8.96. The van der Waals surface area contributed by atoms with Crippen LogP contribution >= 0.6 is 0 Å². The van der Waals surface area contributed by atoms with Crippen LogP contribution in [0.2, 0.25) is 0 Å². The van der Waals surface area contributed by atoms with Gasteiger partial charge in [0.15, 0.2) is 5.78 Å². The van der Waals surface area contributed by atoms with Crippen LogP contribution in [0.15, 0.2) is 23.8 Å². The van der Waals surface area contributed by atoms with Crippen molar-refractivity contribution in [2.75, 3.05) is 0 Å². The number of esters is 1. The van der Waals surface area contributed by atoms with Crippen molar-refractivity contribution in [3.05, 3.63) is 23.8 Å². The van der Waals surface area contributed by atoms with Crippen LogP contribution in [0.1, 0.15) is 53.4 Å². The first-order valence-electron chi connectivity index (χ1n) is 7.10. The third-order valence-electron chi connectivity index (χ3n) is 3.71. The summed E-state index contributed by atoms with van der Waals surface area (Å²) >= 11 is 0. The number of hydrogen-bond donors (Lipinski definition) is 0. The molecule has 0 N–H and O–H groups in total. The number of cyclic esters (lactones) is 1. The molecule has 0 unspecified atom stereocenters. The summed E-state index contributed by atoms with van der Waals surface area (Å²) in [4.78, 5) is 22.8. The molecule has 0 fully saturated rings. The van der Waals surface area contributed by atoms with Crippen molar-refractivity contribution >= 4 is 11.8 Å². The number of carbonyl (C=O) groups excluding carboxylic acids is 2. The van der Waals surface area contributed by atoms with Gasteiger partial charge in [0.05, 0.1) is 0 Å². The third-order valence-corrected chi connectivity index (χ3v) is 3.71. The van der Waals surface area contributed by atoms with E-state index in [4.69, 9.17) is 4.74 Å². The third kappa shape index (κ3) is 4.05. The van der Waals surface area contributed by atoms with Gasteiger partial charge in [-0.1, -0.05) is 26.8 Å². The van der Waals surface area contributed by atoms with E-state index in [2.05, 4.69) is 6.92 Å². The summed E-state index contributed by atoms with van der Waals surface area (Å²) in [6, 6.07) is 0. The van der Waals surface area contributed by atoms with Crippen molar-refractivity contribution in [2.45, 2.75) is 59.0 Å². The Hall–Kier alpha value is -1.38. The van der Waals surface area contributed by atoms with Gasteiger partial charge in [0, 0.05) is 5.57 Å². The van der Waals surface area contributed by atoms with Crippen molar-refractivity contribution in [3.8, 4) is 0 Å². The molecule has 3 heteroatoms. The first kappa shape index (κ1) is 15.7. The minimum atomic E-state index is -0.482. The lowest BCUT2D eigenvalue weighted by Crippen LogP contribution is -2.30. The monoisotopic (exact) mass is 264 g/mol. The Bertz CT molecular complexity index is 406. The molecule has 1 rings (SSSR count). The second-order valence-electron chi connectivity index (χ2n) is 5.17. The van der Waals surface area contributed by atoms with Crippen LogP contribution < -0.4 is 0 Å². The van der Waals surface area contributed by atoms with Crippen molar-refractivity contribution < 1.29 is 14.3 Å².